The molecule has 1 aliphatic heterocycles. The van der Waals surface area contributed by atoms with Gasteiger partial charge in [0.05, 0.1) is 6.54 Å². The monoisotopic (exact) mass is 386 g/mol. The zero-order chi connectivity index (χ0) is 19.2. The molecule has 2 N–H and O–H groups in total. The molecule has 3 amide bonds. The molecule has 6 nitrogen and oxygen atoms in total. The summed E-state index contributed by atoms with van der Waals surface area (Å²) in [5, 5.41) is 6.28. The van der Waals surface area contributed by atoms with E-state index in [9.17, 15) is 9.59 Å². The van der Waals surface area contributed by atoms with Crippen molar-refractivity contribution in [3.05, 3.63) is 64.7 Å². The van der Waals surface area contributed by atoms with Crippen LogP contribution in [0, 0.1) is 0 Å². The zero-order valence-electron chi connectivity index (χ0n) is 15.2. The van der Waals surface area contributed by atoms with E-state index in [2.05, 4.69) is 10.6 Å². The fourth-order valence-electron chi connectivity index (χ4n) is 2.87. The molecule has 0 unspecified atom stereocenters. The van der Waals surface area contributed by atoms with Crippen molar-refractivity contribution in [1.82, 2.24) is 15.1 Å². The number of anilines is 1. The largest absolute Gasteiger partial charge is 0.336 e. The number of rotatable bonds is 5. The number of halogens is 1. The molecule has 0 bridgehead atoms. The molecule has 0 radical (unpaired) electrons. The van der Waals surface area contributed by atoms with Gasteiger partial charge in [0.2, 0.25) is 5.91 Å². The molecule has 1 aliphatic rings. The normalized spacial score (nSPS) is 14.9. The highest BCUT2D eigenvalue weighted by molar-refractivity contribution is 6.30. The van der Waals surface area contributed by atoms with Crippen molar-refractivity contribution < 1.29 is 9.59 Å². The number of nitrogens with one attached hydrogen (secondary N) is 2. The SMILES string of the molecule is CN1CCN(Cc2ccc(NC(=O)NCc3ccc(Cl)cc3)cc2)C(=O)C1. The number of urea groups is 1. The van der Waals surface area contributed by atoms with Gasteiger partial charge in [0, 0.05) is 36.9 Å². The second-order valence-corrected chi connectivity index (χ2v) is 7.12. The first-order chi connectivity index (χ1) is 13.0. The first kappa shape index (κ1) is 19.2. The lowest BCUT2D eigenvalue weighted by Crippen LogP contribution is -2.48. The number of piperazine rings is 1. The van der Waals surface area contributed by atoms with Crippen LogP contribution < -0.4 is 10.6 Å². The third-order valence-electron chi connectivity index (χ3n) is 4.46. The highest BCUT2D eigenvalue weighted by atomic mass is 35.5. The molecule has 0 spiro atoms. The van der Waals surface area contributed by atoms with Crippen molar-refractivity contribution in [3.63, 3.8) is 0 Å². The molecule has 2 aromatic carbocycles. The third-order valence-corrected chi connectivity index (χ3v) is 4.71. The van der Waals surface area contributed by atoms with Crippen LogP contribution in [0.25, 0.3) is 0 Å². The van der Waals surface area contributed by atoms with E-state index in [0.717, 1.165) is 24.2 Å². The summed E-state index contributed by atoms with van der Waals surface area (Å²) in [4.78, 5) is 27.9. The quantitative estimate of drug-likeness (QED) is 0.830. The molecule has 7 heteroatoms. The second-order valence-electron chi connectivity index (χ2n) is 6.68. The van der Waals surface area contributed by atoms with Gasteiger partial charge < -0.3 is 15.5 Å². The van der Waals surface area contributed by atoms with Crippen LogP contribution in [-0.2, 0) is 17.9 Å². The van der Waals surface area contributed by atoms with Gasteiger partial charge in [0.25, 0.3) is 0 Å². The van der Waals surface area contributed by atoms with Crippen LogP contribution in [0.5, 0.6) is 0 Å². The minimum Gasteiger partial charge on any atom is -0.336 e. The highest BCUT2D eigenvalue weighted by Gasteiger charge is 2.21. The molecular weight excluding hydrogens is 364 g/mol. The van der Waals surface area contributed by atoms with Gasteiger partial charge in [-0.05, 0) is 42.4 Å². The molecule has 2 aromatic rings. The van der Waals surface area contributed by atoms with Crippen molar-refractivity contribution >= 4 is 29.2 Å². The molecule has 0 atom stereocenters. The summed E-state index contributed by atoms with van der Waals surface area (Å²) >= 11 is 5.85. The number of benzene rings is 2. The van der Waals surface area contributed by atoms with E-state index in [1.165, 1.54) is 0 Å². The summed E-state index contributed by atoms with van der Waals surface area (Å²) in [7, 11) is 1.95. The van der Waals surface area contributed by atoms with Gasteiger partial charge >= 0.3 is 6.03 Å². The zero-order valence-corrected chi connectivity index (χ0v) is 16.0. The third kappa shape index (κ3) is 5.70. The Morgan fingerprint density at radius 3 is 2.37 bits per heavy atom. The van der Waals surface area contributed by atoms with E-state index in [-0.39, 0.29) is 11.9 Å². The standard InChI is InChI=1S/C20H23ClN4O2/c1-24-10-11-25(19(26)14-24)13-16-4-8-18(9-5-16)23-20(27)22-12-15-2-6-17(21)7-3-15/h2-9H,10-14H2,1H3,(H2,22,23,27). The Kier molecular flexibility index (Phi) is 6.32. The Balaban J connectivity index is 1.47. The van der Waals surface area contributed by atoms with Gasteiger partial charge in [-0.2, -0.15) is 0 Å². The molecular formula is C20H23ClN4O2. The molecule has 0 aromatic heterocycles. The van der Waals surface area contributed by atoms with E-state index in [4.69, 9.17) is 11.6 Å². The predicted molar refractivity (Wildman–Crippen MR) is 107 cm³/mol. The van der Waals surface area contributed by atoms with Gasteiger partial charge in [0.1, 0.15) is 0 Å². The first-order valence-corrected chi connectivity index (χ1v) is 9.22. The Hall–Kier alpha value is -2.57. The maximum Gasteiger partial charge on any atom is 0.319 e. The Morgan fingerprint density at radius 2 is 1.70 bits per heavy atom. The van der Waals surface area contributed by atoms with E-state index in [1.807, 2.05) is 53.2 Å². The number of hydrogen-bond donors (Lipinski definition) is 2. The van der Waals surface area contributed by atoms with E-state index < -0.39 is 0 Å². The molecule has 142 valence electrons. The summed E-state index contributed by atoms with van der Waals surface area (Å²) in [5.41, 5.74) is 2.72. The van der Waals surface area contributed by atoms with Crippen molar-refractivity contribution in [1.29, 1.82) is 0 Å². The van der Waals surface area contributed by atoms with Gasteiger partial charge in [-0.1, -0.05) is 35.9 Å². The van der Waals surface area contributed by atoms with E-state index in [0.29, 0.717) is 30.3 Å². The first-order valence-electron chi connectivity index (χ1n) is 8.84. The lowest BCUT2D eigenvalue weighted by atomic mass is 10.1. The number of hydrogen-bond acceptors (Lipinski definition) is 3. The van der Waals surface area contributed by atoms with Gasteiger partial charge in [-0.25, -0.2) is 4.79 Å². The van der Waals surface area contributed by atoms with Crippen LogP contribution in [0.4, 0.5) is 10.5 Å². The van der Waals surface area contributed by atoms with Crippen molar-refractivity contribution in [3.8, 4) is 0 Å². The maximum atomic E-state index is 12.0. The van der Waals surface area contributed by atoms with Crippen LogP contribution in [0.3, 0.4) is 0 Å². The average Bonchev–Trinajstić information content (AvgIpc) is 2.65. The average molecular weight is 387 g/mol. The number of nitrogens with zero attached hydrogens (tertiary/aromatic N) is 2. The number of amides is 3. The lowest BCUT2D eigenvalue weighted by molar-refractivity contribution is -0.136. The molecule has 27 heavy (non-hydrogen) atoms. The van der Waals surface area contributed by atoms with Gasteiger partial charge in [0.15, 0.2) is 0 Å². The Bertz CT molecular complexity index is 793. The highest BCUT2D eigenvalue weighted by Crippen LogP contribution is 2.13. The van der Waals surface area contributed by atoms with Crippen LogP contribution in [-0.4, -0.2) is 48.4 Å². The van der Waals surface area contributed by atoms with Crippen LogP contribution in [0.1, 0.15) is 11.1 Å². The fraction of sp³-hybridized carbons (Fsp3) is 0.300. The predicted octanol–water partition coefficient (Wildman–Crippen LogP) is 2.94. The second kappa shape index (κ2) is 8.88. The van der Waals surface area contributed by atoms with E-state index in [1.54, 1.807) is 12.1 Å². The van der Waals surface area contributed by atoms with Crippen molar-refractivity contribution in [2.45, 2.75) is 13.1 Å². The van der Waals surface area contributed by atoms with Gasteiger partial charge in [-0.3, -0.25) is 9.69 Å². The van der Waals surface area contributed by atoms with Crippen LogP contribution in [0.2, 0.25) is 5.02 Å². The summed E-state index contributed by atoms with van der Waals surface area (Å²) in [6, 6.07) is 14.6. The maximum absolute atomic E-state index is 12.0. The summed E-state index contributed by atoms with van der Waals surface area (Å²) < 4.78 is 0. The summed E-state index contributed by atoms with van der Waals surface area (Å²) in [5.74, 6) is 0.146. The van der Waals surface area contributed by atoms with Crippen LogP contribution >= 0.6 is 11.6 Å². The summed E-state index contributed by atoms with van der Waals surface area (Å²) in [6.07, 6.45) is 0. The number of likely N-dealkylation sites (N-methyl/N-ethyl adjacent to an activating group) is 1. The molecule has 1 heterocycles. The van der Waals surface area contributed by atoms with Crippen molar-refractivity contribution in [2.75, 3.05) is 32.0 Å². The fourth-order valence-corrected chi connectivity index (χ4v) is 2.99. The lowest BCUT2D eigenvalue weighted by Gasteiger charge is -2.32. The smallest absolute Gasteiger partial charge is 0.319 e. The molecule has 0 aliphatic carbocycles. The van der Waals surface area contributed by atoms with Crippen LogP contribution in [0.15, 0.2) is 48.5 Å². The topological polar surface area (TPSA) is 64.7 Å². The molecule has 0 saturated carbocycles. The molecule has 1 saturated heterocycles. The Labute approximate surface area is 164 Å². The minimum atomic E-state index is -0.271. The molecule has 1 fully saturated rings. The summed E-state index contributed by atoms with van der Waals surface area (Å²) in [6.45, 7) is 3.11. The minimum absolute atomic E-state index is 0.146. The number of carbonyl (C=O) groups is 2. The van der Waals surface area contributed by atoms with E-state index >= 15 is 0 Å². The van der Waals surface area contributed by atoms with Crippen molar-refractivity contribution in [2.24, 2.45) is 0 Å². The Morgan fingerprint density at radius 1 is 1.04 bits per heavy atom. The number of carbonyl (C=O) groups excluding carboxylic acids is 2. The molecule has 3 rings (SSSR count). The van der Waals surface area contributed by atoms with Gasteiger partial charge in [-0.15, -0.1) is 0 Å².